The minimum Gasteiger partial charge on any atom is -0.449 e. The van der Waals surface area contributed by atoms with E-state index < -0.39 is 0 Å². The van der Waals surface area contributed by atoms with Gasteiger partial charge in [0.25, 0.3) is 11.8 Å². The number of para-hydroxylation sites is 3. The molecule has 1 fully saturated rings. The quantitative estimate of drug-likeness (QED) is 0.285. The first-order valence-corrected chi connectivity index (χ1v) is 13.7. The van der Waals surface area contributed by atoms with Gasteiger partial charge < -0.3 is 14.5 Å². The summed E-state index contributed by atoms with van der Waals surface area (Å²) in [6, 6.07) is 29.5. The van der Waals surface area contributed by atoms with E-state index in [9.17, 15) is 14.0 Å². The van der Waals surface area contributed by atoms with Crippen LogP contribution in [0.25, 0.3) is 6.08 Å². The molecule has 0 radical (unpaired) electrons. The molecule has 2 heterocycles. The molecule has 4 aromatic rings. The Kier molecular flexibility index (Phi) is 7.25. The van der Waals surface area contributed by atoms with Crippen LogP contribution in [0.2, 0.25) is 0 Å². The molecule has 0 atom stereocenters. The summed E-state index contributed by atoms with van der Waals surface area (Å²) in [7, 11) is 0. The lowest BCUT2D eigenvalue weighted by atomic mass is 10.1. The van der Waals surface area contributed by atoms with Crippen LogP contribution in [0.3, 0.4) is 0 Å². The monoisotopic (exact) mass is 547 g/mol. The first kappa shape index (κ1) is 26.3. The van der Waals surface area contributed by atoms with E-state index in [1.54, 1.807) is 40.1 Å². The molecule has 0 unspecified atom stereocenters. The molecule has 206 valence electrons. The van der Waals surface area contributed by atoms with Crippen molar-refractivity contribution >= 4 is 29.3 Å². The Hall–Kier alpha value is -4.91. The summed E-state index contributed by atoms with van der Waals surface area (Å²) in [5.41, 5.74) is 4.80. The molecule has 0 aliphatic carbocycles. The number of carbonyl (C=O) groups is 2. The van der Waals surface area contributed by atoms with Gasteiger partial charge in [0, 0.05) is 31.7 Å². The fraction of sp³-hybridized carbons (Fsp3) is 0.176. The van der Waals surface area contributed by atoms with Crippen molar-refractivity contribution in [3.05, 3.63) is 131 Å². The zero-order valence-electron chi connectivity index (χ0n) is 22.8. The molecule has 1 saturated heterocycles. The van der Waals surface area contributed by atoms with Gasteiger partial charge in [-0.15, -0.1) is 0 Å². The highest BCUT2D eigenvalue weighted by Crippen LogP contribution is 2.36. The maximum atomic E-state index is 14.2. The Morgan fingerprint density at radius 3 is 2.20 bits per heavy atom. The number of aryl methyl sites for hydroxylation is 1. The number of ether oxygens (including phenoxy) is 1. The number of carbonyl (C=O) groups excluding carboxylic acids is 2. The largest absolute Gasteiger partial charge is 0.449 e. The number of nitrogens with zero attached hydrogens (tertiary/aromatic N) is 3. The Balaban J connectivity index is 1.16. The molecule has 0 aromatic heterocycles. The lowest BCUT2D eigenvalue weighted by molar-refractivity contribution is -0.117. The molecule has 0 N–H and O–H groups in total. The first-order chi connectivity index (χ1) is 20.0. The normalized spacial score (nSPS) is 16.0. The fourth-order valence-electron chi connectivity index (χ4n) is 5.21. The van der Waals surface area contributed by atoms with Crippen molar-refractivity contribution in [2.75, 3.05) is 36.0 Å². The van der Waals surface area contributed by atoms with E-state index in [-0.39, 0.29) is 23.4 Å². The smallest absolute Gasteiger partial charge is 0.294 e. The fourth-order valence-corrected chi connectivity index (χ4v) is 5.21. The van der Waals surface area contributed by atoms with E-state index in [0.717, 1.165) is 22.4 Å². The van der Waals surface area contributed by atoms with Crippen LogP contribution < -0.4 is 14.5 Å². The van der Waals surface area contributed by atoms with Gasteiger partial charge in [0.2, 0.25) is 0 Å². The van der Waals surface area contributed by atoms with E-state index in [1.807, 2.05) is 78.6 Å². The van der Waals surface area contributed by atoms with Gasteiger partial charge in [0.05, 0.1) is 17.9 Å². The zero-order chi connectivity index (χ0) is 28.3. The van der Waals surface area contributed by atoms with Crippen LogP contribution in [0.15, 0.2) is 103 Å². The number of hydrogen-bond acceptors (Lipinski definition) is 4. The summed E-state index contributed by atoms with van der Waals surface area (Å²) in [6.07, 6.45) is 1.71. The molecule has 7 heteroatoms. The Morgan fingerprint density at radius 1 is 0.829 bits per heavy atom. The molecular weight excluding hydrogens is 517 g/mol. The van der Waals surface area contributed by atoms with Gasteiger partial charge in [-0.25, -0.2) is 4.39 Å². The van der Waals surface area contributed by atoms with Gasteiger partial charge in [-0.3, -0.25) is 14.5 Å². The van der Waals surface area contributed by atoms with Gasteiger partial charge in [0.15, 0.2) is 11.5 Å². The second kappa shape index (κ2) is 11.3. The highest BCUT2D eigenvalue weighted by atomic mass is 19.1. The van der Waals surface area contributed by atoms with Crippen molar-refractivity contribution in [2.45, 2.75) is 13.5 Å². The van der Waals surface area contributed by atoms with Crippen molar-refractivity contribution in [1.82, 2.24) is 4.90 Å². The molecule has 2 aliphatic heterocycles. The lowest BCUT2D eigenvalue weighted by Crippen LogP contribution is -2.49. The number of piperazine rings is 1. The van der Waals surface area contributed by atoms with Gasteiger partial charge in [-0.2, -0.15) is 0 Å². The van der Waals surface area contributed by atoms with Crippen LogP contribution in [0.1, 0.15) is 27.0 Å². The molecule has 6 nitrogen and oxygen atoms in total. The maximum absolute atomic E-state index is 14.2. The van der Waals surface area contributed by atoms with Crippen LogP contribution in [-0.4, -0.2) is 42.9 Å². The van der Waals surface area contributed by atoms with E-state index >= 15 is 0 Å². The highest BCUT2D eigenvalue weighted by Gasteiger charge is 2.30. The third-order valence-electron chi connectivity index (χ3n) is 7.51. The van der Waals surface area contributed by atoms with E-state index in [0.29, 0.717) is 49.7 Å². The molecule has 0 bridgehead atoms. The lowest BCUT2D eigenvalue weighted by Gasteiger charge is -2.36. The number of amides is 2. The molecule has 0 spiro atoms. The summed E-state index contributed by atoms with van der Waals surface area (Å²) < 4.78 is 20.2. The Labute approximate surface area is 238 Å². The van der Waals surface area contributed by atoms with Crippen LogP contribution in [-0.2, 0) is 11.3 Å². The van der Waals surface area contributed by atoms with Gasteiger partial charge >= 0.3 is 0 Å². The van der Waals surface area contributed by atoms with E-state index in [1.165, 1.54) is 6.07 Å². The second-order valence-corrected chi connectivity index (χ2v) is 10.3. The zero-order valence-corrected chi connectivity index (χ0v) is 22.8. The first-order valence-electron chi connectivity index (χ1n) is 13.7. The van der Waals surface area contributed by atoms with Crippen molar-refractivity contribution < 1.29 is 18.7 Å². The van der Waals surface area contributed by atoms with Gasteiger partial charge in [-0.05, 0) is 60.5 Å². The van der Waals surface area contributed by atoms with Gasteiger partial charge in [-0.1, -0.05) is 66.2 Å². The minimum absolute atomic E-state index is 0.0689. The SMILES string of the molecule is Cc1ccc(CN2C(=O)C(=Cc3ccc(C(=O)N4CCN(c5ccccc5F)CC4)cc3)Oc3ccccc32)cc1. The van der Waals surface area contributed by atoms with Crippen molar-refractivity contribution in [3.63, 3.8) is 0 Å². The number of anilines is 2. The van der Waals surface area contributed by atoms with Crippen LogP contribution in [0.4, 0.5) is 15.8 Å². The summed E-state index contributed by atoms with van der Waals surface area (Å²) in [6.45, 7) is 4.62. The molecule has 6 rings (SSSR count). The number of halogens is 1. The van der Waals surface area contributed by atoms with Gasteiger partial charge in [0.1, 0.15) is 5.82 Å². The standard InChI is InChI=1S/C34H30FN3O3/c1-24-10-12-26(13-11-24)23-38-30-8-4-5-9-31(30)41-32(34(38)40)22-25-14-16-27(17-15-25)33(39)37-20-18-36(19-21-37)29-7-3-2-6-28(29)35/h2-17,22H,18-21,23H2,1H3. The van der Waals surface area contributed by atoms with Crippen LogP contribution in [0, 0.1) is 12.7 Å². The second-order valence-electron chi connectivity index (χ2n) is 10.3. The number of benzene rings is 4. The molecule has 4 aromatic carbocycles. The van der Waals surface area contributed by atoms with Crippen molar-refractivity contribution in [2.24, 2.45) is 0 Å². The maximum Gasteiger partial charge on any atom is 0.294 e. The predicted octanol–water partition coefficient (Wildman–Crippen LogP) is 6.06. The highest BCUT2D eigenvalue weighted by molar-refractivity contribution is 6.09. The van der Waals surface area contributed by atoms with Crippen LogP contribution >= 0.6 is 0 Å². The predicted molar refractivity (Wildman–Crippen MR) is 158 cm³/mol. The van der Waals surface area contributed by atoms with E-state index in [2.05, 4.69) is 0 Å². The van der Waals surface area contributed by atoms with E-state index in [4.69, 9.17) is 4.74 Å². The summed E-state index contributed by atoms with van der Waals surface area (Å²) in [4.78, 5) is 32.2. The molecule has 41 heavy (non-hydrogen) atoms. The number of rotatable bonds is 5. The topological polar surface area (TPSA) is 53.1 Å². The van der Waals surface area contributed by atoms with Crippen molar-refractivity contribution in [3.8, 4) is 5.75 Å². The third kappa shape index (κ3) is 5.57. The van der Waals surface area contributed by atoms with Crippen molar-refractivity contribution in [1.29, 1.82) is 0 Å². The van der Waals surface area contributed by atoms with Crippen LogP contribution in [0.5, 0.6) is 5.75 Å². The minimum atomic E-state index is -0.251. The molecule has 2 aliphatic rings. The summed E-state index contributed by atoms with van der Waals surface area (Å²) >= 11 is 0. The molecule has 2 amide bonds. The Bertz CT molecular complexity index is 1610. The number of hydrogen-bond donors (Lipinski definition) is 0. The average Bonchev–Trinajstić information content (AvgIpc) is 3.00. The number of fused-ring (bicyclic) bond motifs is 1. The third-order valence-corrected chi connectivity index (χ3v) is 7.51. The summed E-state index contributed by atoms with van der Waals surface area (Å²) in [5, 5.41) is 0. The average molecular weight is 548 g/mol. The molecule has 0 saturated carbocycles. The Morgan fingerprint density at radius 2 is 1.49 bits per heavy atom. The summed E-state index contributed by atoms with van der Waals surface area (Å²) in [5.74, 6) is 0.294. The molecular formula is C34H30FN3O3.